The molecule has 7 heteroatoms. The van der Waals surface area contributed by atoms with Crippen LogP contribution in [0.3, 0.4) is 0 Å². The van der Waals surface area contributed by atoms with Gasteiger partial charge in [0.05, 0.1) is 17.6 Å². The third-order valence-electron chi connectivity index (χ3n) is 5.30. The number of carboxylic acids is 1. The molecule has 1 aliphatic carbocycles. The van der Waals surface area contributed by atoms with Gasteiger partial charge in [-0.1, -0.05) is 31.9 Å². The first kappa shape index (κ1) is 24.2. The lowest BCUT2D eigenvalue weighted by molar-refractivity contribution is -0.175. The Kier molecular flexibility index (Phi) is 10.3. The molecule has 0 aliphatic heterocycles. The number of carbonyl (C=O) groups excluding carboxylic acids is 1. The van der Waals surface area contributed by atoms with Gasteiger partial charge in [0.1, 0.15) is 5.78 Å². The topological polar surface area (TPSA) is 74.6 Å². The smallest absolute Gasteiger partial charge is 0.392 e. The number of aliphatic hydroxyl groups is 1. The van der Waals surface area contributed by atoms with E-state index >= 15 is 0 Å². The molecule has 0 spiro atoms. The van der Waals surface area contributed by atoms with Crippen LogP contribution in [-0.2, 0) is 9.59 Å². The van der Waals surface area contributed by atoms with Crippen LogP contribution < -0.4 is 0 Å². The van der Waals surface area contributed by atoms with Gasteiger partial charge in [-0.15, -0.1) is 0 Å². The minimum Gasteiger partial charge on any atom is -0.512 e. The molecule has 4 nitrogen and oxygen atoms in total. The summed E-state index contributed by atoms with van der Waals surface area (Å²) >= 11 is 0. The van der Waals surface area contributed by atoms with Gasteiger partial charge in [0.2, 0.25) is 0 Å². The van der Waals surface area contributed by atoms with Crippen molar-refractivity contribution in [2.75, 3.05) is 0 Å². The molecule has 0 amide bonds. The summed E-state index contributed by atoms with van der Waals surface area (Å²) in [5, 5.41) is 19.1. The fourth-order valence-electron chi connectivity index (χ4n) is 3.59. The van der Waals surface area contributed by atoms with E-state index in [1.807, 2.05) is 6.92 Å². The molecule has 0 aromatic carbocycles. The van der Waals surface area contributed by atoms with Crippen molar-refractivity contribution in [1.82, 2.24) is 0 Å². The first-order valence-corrected chi connectivity index (χ1v) is 10.0. The molecule has 2 N–H and O–H groups in total. The maximum Gasteiger partial charge on any atom is 0.392 e. The van der Waals surface area contributed by atoms with Crippen LogP contribution in [0.4, 0.5) is 13.2 Å². The largest absolute Gasteiger partial charge is 0.512 e. The van der Waals surface area contributed by atoms with Crippen molar-refractivity contribution in [1.29, 1.82) is 0 Å². The SMILES string of the molecule is CCCCC(C/C=C(/O)C/C=C\CC[C@H](C(=O)O)[C@H]1CCCC1=O)C(F)(F)F. The fourth-order valence-corrected chi connectivity index (χ4v) is 3.59. The summed E-state index contributed by atoms with van der Waals surface area (Å²) in [4.78, 5) is 23.2. The van der Waals surface area contributed by atoms with Crippen LogP contribution >= 0.6 is 0 Å². The van der Waals surface area contributed by atoms with Gasteiger partial charge >= 0.3 is 12.1 Å². The molecule has 1 saturated carbocycles. The number of aliphatic carboxylic acids is 1. The Balaban J connectivity index is 2.44. The lowest BCUT2D eigenvalue weighted by Gasteiger charge is -2.18. The molecule has 0 saturated heterocycles. The second-order valence-corrected chi connectivity index (χ2v) is 7.47. The number of hydrogen-bond acceptors (Lipinski definition) is 3. The molecule has 3 atom stereocenters. The van der Waals surface area contributed by atoms with E-state index in [1.165, 1.54) is 6.08 Å². The molecule has 0 bridgehead atoms. The maximum absolute atomic E-state index is 12.9. The van der Waals surface area contributed by atoms with E-state index in [9.17, 15) is 33.0 Å². The summed E-state index contributed by atoms with van der Waals surface area (Å²) in [6, 6.07) is 0. The van der Waals surface area contributed by atoms with Gasteiger partial charge < -0.3 is 10.2 Å². The Hall–Kier alpha value is -1.79. The lowest BCUT2D eigenvalue weighted by Crippen LogP contribution is -2.26. The van der Waals surface area contributed by atoms with Crippen molar-refractivity contribution in [3.63, 3.8) is 0 Å². The average Bonchev–Trinajstić information content (AvgIpc) is 3.02. The number of unbranched alkanes of at least 4 members (excludes halogenated alkanes) is 1. The average molecular weight is 404 g/mol. The Morgan fingerprint density at radius 1 is 1.25 bits per heavy atom. The van der Waals surface area contributed by atoms with Crippen LogP contribution in [0.1, 0.15) is 71.1 Å². The highest BCUT2D eigenvalue weighted by atomic mass is 19.4. The van der Waals surface area contributed by atoms with Gasteiger partial charge in [-0.05, 0) is 44.6 Å². The standard InChI is InChI=1S/C21H31F3O4/c1-2-3-8-15(21(22,23)24)13-14-16(25)9-5-4-6-10-18(20(27)28)17-11-7-12-19(17)26/h4-5,14-15,17-18,25H,2-3,6-13H2,1H3,(H,27,28)/b5-4-,16-14+/t15?,17-,18+/m1/s1. The van der Waals surface area contributed by atoms with Crippen molar-refractivity contribution in [3.8, 4) is 0 Å². The second-order valence-electron chi connectivity index (χ2n) is 7.47. The van der Waals surface area contributed by atoms with Gasteiger partial charge in [-0.3, -0.25) is 9.59 Å². The van der Waals surface area contributed by atoms with Crippen LogP contribution in [0.25, 0.3) is 0 Å². The van der Waals surface area contributed by atoms with E-state index in [-0.39, 0.29) is 30.8 Å². The Labute approximate surface area is 164 Å². The molecule has 1 unspecified atom stereocenters. The van der Waals surface area contributed by atoms with Crippen molar-refractivity contribution in [2.45, 2.75) is 77.3 Å². The number of aliphatic hydroxyl groups excluding tert-OH is 1. The van der Waals surface area contributed by atoms with E-state index in [1.54, 1.807) is 12.2 Å². The predicted octanol–water partition coefficient (Wildman–Crippen LogP) is 5.98. The maximum atomic E-state index is 12.9. The van der Waals surface area contributed by atoms with Gasteiger partial charge in [0, 0.05) is 18.8 Å². The first-order chi connectivity index (χ1) is 13.2. The third kappa shape index (κ3) is 8.48. The Bertz CT molecular complexity index is 566. The molecule has 0 radical (unpaired) electrons. The second kappa shape index (κ2) is 11.9. The number of rotatable bonds is 12. The highest BCUT2D eigenvalue weighted by Crippen LogP contribution is 2.33. The van der Waals surface area contributed by atoms with E-state index < -0.39 is 29.9 Å². The molecular weight excluding hydrogens is 373 g/mol. The van der Waals surface area contributed by atoms with Crippen LogP contribution in [0, 0.1) is 17.8 Å². The number of carboxylic acid groups (broad SMARTS) is 1. The summed E-state index contributed by atoms with van der Waals surface area (Å²) in [5.74, 6) is -3.64. The number of allylic oxidation sites excluding steroid dienone is 3. The zero-order chi connectivity index (χ0) is 21.2. The lowest BCUT2D eigenvalue weighted by atomic mass is 9.86. The Morgan fingerprint density at radius 2 is 1.96 bits per heavy atom. The fraction of sp³-hybridized carbons (Fsp3) is 0.714. The van der Waals surface area contributed by atoms with Crippen LogP contribution in [-0.4, -0.2) is 28.1 Å². The molecule has 1 rings (SSSR count). The number of halogens is 3. The van der Waals surface area contributed by atoms with Crippen molar-refractivity contribution >= 4 is 11.8 Å². The molecule has 0 aromatic heterocycles. The third-order valence-corrected chi connectivity index (χ3v) is 5.30. The number of Topliss-reactive ketones (excluding diaryl/α,β-unsaturated/α-hetero) is 1. The van der Waals surface area contributed by atoms with Crippen LogP contribution in [0.15, 0.2) is 24.0 Å². The monoisotopic (exact) mass is 404 g/mol. The molecule has 0 heterocycles. The molecule has 160 valence electrons. The van der Waals surface area contributed by atoms with E-state index in [0.717, 1.165) is 6.42 Å². The summed E-state index contributed by atoms with van der Waals surface area (Å²) in [6.07, 6.45) is 3.94. The number of hydrogen-bond donors (Lipinski definition) is 2. The minimum absolute atomic E-state index is 0.0132. The first-order valence-electron chi connectivity index (χ1n) is 10.0. The van der Waals surface area contributed by atoms with Crippen molar-refractivity contribution < 1.29 is 33.0 Å². The number of alkyl halides is 3. The molecular formula is C21H31F3O4. The van der Waals surface area contributed by atoms with Crippen molar-refractivity contribution in [2.24, 2.45) is 17.8 Å². The molecule has 1 fully saturated rings. The highest BCUT2D eigenvalue weighted by Gasteiger charge is 2.38. The number of carbonyl (C=O) groups is 2. The minimum atomic E-state index is -4.27. The van der Waals surface area contributed by atoms with Gasteiger partial charge in [0.25, 0.3) is 0 Å². The van der Waals surface area contributed by atoms with Crippen LogP contribution in [0.5, 0.6) is 0 Å². The summed E-state index contributed by atoms with van der Waals surface area (Å²) < 4.78 is 38.8. The zero-order valence-electron chi connectivity index (χ0n) is 16.4. The zero-order valence-corrected chi connectivity index (χ0v) is 16.4. The van der Waals surface area contributed by atoms with Gasteiger partial charge in [-0.2, -0.15) is 13.2 Å². The Morgan fingerprint density at radius 3 is 2.50 bits per heavy atom. The molecule has 28 heavy (non-hydrogen) atoms. The summed E-state index contributed by atoms with van der Waals surface area (Å²) in [5.41, 5.74) is 0. The highest BCUT2D eigenvalue weighted by molar-refractivity contribution is 5.87. The predicted molar refractivity (Wildman–Crippen MR) is 101 cm³/mol. The van der Waals surface area contributed by atoms with Crippen molar-refractivity contribution in [3.05, 3.63) is 24.0 Å². The van der Waals surface area contributed by atoms with Gasteiger partial charge in [0.15, 0.2) is 0 Å². The normalized spacial score (nSPS) is 20.6. The molecule has 0 aromatic rings. The van der Waals surface area contributed by atoms with E-state index in [0.29, 0.717) is 38.5 Å². The molecule has 1 aliphatic rings. The van der Waals surface area contributed by atoms with E-state index in [2.05, 4.69) is 0 Å². The summed E-state index contributed by atoms with van der Waals surface area (Å²) in [7, 11) is 0. The summed E-state index contributed by atoms with van der Waals surface area (Å²) in [6.45, 7) is 1.84. The quantitative estimate of drug-likeness (QED) is 0.310. The number of ketones is 1. The van der Waals surface area contributed by atoms with E-state index in [4.69, 9.17) is 0 Å². The van der Waals surface area contributed by atoms with Gasteiger partial charge in [-0.25, -0.2) is 0 Å². The van der Waals surface area contributed by atoms with Crippen LogP contribution in [0.2, 0.25) is 0 Å².